The molecule has 1 aliphatic carbocycles. The van der Waals surface area contributed by atoms with Gasteiger partial charge in [0.25, 0.3) is 0 Å². The van der Waals surface area contributed by atoms with Crippen molar-refractivity contribution in [2.45, 2.75) is 76.6 Å². The lowest BCUT2D eigenvalue weighted by Crippen LogP contribution is -2.46. The van der Waals surface area contributed by atoms with Crippen LogP contribution in [0.1, 0.15) is 52.9 Å². The maximum Gasteiger partial charge on any atom is 0.323 e. The van der Waals surface area contributed by atoms with Crippen molar-refractivity contribution in [3.63, 3.8) is 0 Å². The Morgan fingerprint density at radius 1 is 0.791 bits per heavy atom. The average Bonchev–Trinajstić information content (AvgIpc) is 3.62. The summed E-state index contributed by atoms with van der Waals surface area (Å²) in [5, 5.41) is -0.106. The summed E-state index contributed by atoms with van der Waals surface area (Å²) in [6, 6.07) is 0. The van der Waals surface area contributed by atoms with Gasteiger partial charge in [-0.1, -0.05) is 51.2 Å². The van der Waals surface area contributed by atoms with Crippen LogP contribution in [0.5, 0.6) is 0 Å². The average molecular weight is 625 g/mol. The van der Waals surface area contributed by atoms with Crippen LogP contribution < -0.4 is 0 Å². The van der Waals surface area contributed by atoms with Gasteiger partial charge in [0, 0.05) is 0 Å². The van der Waals surface area contributed by atoms with Gasteiger partial charge in [-0.15, -0.1) is 6.58 Å². The predicted octanol–water partition coefficient (Wildman–Crippen LogP) is 4.46. The minimum Gasteiger partial charge on any atom is -0.468 e. The van der Waals surface area contributed by atoms with Gasteiger partial charge in [-0.2, -0.15) is 0 Å². The molecule has 0 radical (unpaired) electrons. The second-order valence-corrected chi connectivity index (χ2v) is 16.9. The van der Waals surface area contributed by atoms with Gasteiger partial charge in [0.2, 0.25) is 0 Å². The van der Waals surface area contributed by atoms with Crippen molar-refractivity contribution < 1.29 is 52.1 Å². The molecule has 0 aliphatic heterocycles. The molecule has 1 saturated carbocycles. The Labute approximate surface area is 256 Å². The van der Waals surface area contributed by atoms with E-state index < -0.39 is 60.5 Å². The Bertz CT molecular complexity index is 1090. The van der Waals surface area contributed by atoms with Gasteiger partial charge in [-0.25, -0.2) is 0 Å². The van der Waals surface area contributed by atoms with Crippen molar-refractivity contribution in [3.05, 3.63) is 37.0 Å². The zero-order valence-corrected chi connectivity index (χ0v) is 28.2. The van der Waals surface area contributed by atoms with Crippen molar-refractivity contribution in [2.75, 3.05) is 35.5 Å². The number of hydrogen-bond acceptors (Lipinski definition) is 11. The largest absolute Gasteiger partial charge is 0.468 e. The number of carbonyl (C=O) groups is 5. The fourth-order valence-electron chi connectivity index (χ4n) is 4.77. The SMILES string of the molecule is C=CC1(O[Si](C)(C)C(C)(C)C)CC1(C/C=C/CC(C/C=C/CC(C(=O)OC)C(=O)OC)(C(=O)OC)C(=O)OC)C(=O)OC. The number of ether oxygens (including phenoxy) is 5. The first-order valence-electron chi connectivity index (χ1n) is 14.0. The van der Waals surface area contributed by atoms with E-state index in [0.717, 1.165) is 28.4 Å². The van der Waals surface area contributed by atoms with E-state index in [-0.39, 0.29) is 30.7 Å². The summed E-state index contributed by atoms with van der Waals surface area (Å²) < 4.78 is 31.1. The Balaban J connectivity index is 3.30. The molecule has 1 fully saturated rings. The summed E-state index contributed by atoms with van der Waals surface area (Å²) in [6.45, 7) is 14.5. The molecule has 12 heteroatoms. The van der Waals surface area contributed by atoms with Crippen molar-refractivity contribution in [3.8, 4) is 0 Å². The van der Waals surface area contributed by atoms with Gasteiger partial charge in [0.1, 0.15) is 5.41 Å². The Morgan fingerprint density at radius 2 is 1.28 bits per heavy atom. The summed E-state index contributed by atoms with van der Waals surface area (Å²) >= 11 is 0. The van der Waals surface area contributed by atoms with E-state index in [1.165, 1.54) is 19.3 Å². The summed E-state index contributed by atoms with van der Waals surface area (Å²) in [4.78, 5) is 63.0. The van der Waals surface area contributed by atoms with Crippen molar-refractivity contribution in [2.24, 2.45) is 16.7 Å². The number of carbonyl (C=O) groups excluding carboxylic acids is 5. The third-order valence-electron chi connectivity index (χ3n) is 8.63. The predicted molar refractivity (Wildman–Crippen MR) is 161 cm³/mol. The highest BCUT2D eigenvalue weighted by atomic mass is 28.4. The fraction of sp³-hybridized carbons (Fsp3) is 0.645. The van der Waals surface area contributed by atoms with Gasteiger partial charge < -0.3 is 28.1 Å². The summed E-state index contributed by atoms with van der Waals surface area (Å²) in [5.74, 6) is -4.86. The smallest absolute Gasteiger partial charge is 0.323 e. The van der Waals surface area contributed by atoms with E-state index in [1.54, 1.807) is 18.2 Å². The molecule has 2 unspecified atom stereocenters. The van der Waals surface area contributed by atoms with E-state index in [1.807, 2.05) is 0 Å². The number of methoxy groups -OCH3 is 5. The Kier molecular flexibility index (Phi) is 13.1. The van der Waals surface area contributed by atoms with Gasteiger partial charge in [-0.3, -0.25) is 24.0 Å². The first-order chi connectivity index (χ1) is 19.9. The topological polar surface area (TPSA) is 141 Å². The van der Waals surface area contributed by atoms with Gasteiger partial charge in [0.15, 0.2) is 19.7 Å². The van der Waals surface area contributed by atoms with Crippen LogP contribution in [-0.4, -0.2) is 79.3 Å². The molecule has 0 saturated heterocycles. The van der Waals surface area contributed by atoms with Crippen molar-refractivity contribution >= 4 is 38.2 Å². The molecule has 0 spiro atoms. The molecule has 0 aromatic heterocycles. The third kappa shape index (κ3) is 8.02. The molecule has 0 amide bonds. The van der Waals surface area contributed by atoms with Crippen LogP contribution >= 0.6 is 0 Å². The van der Waals surface area contributed by atoms with E-state index >= 15 is 0 Å². The molecule has 0 aromatic carbocycles. The monoisotopic (exact) mass is 624 g/mol. The zero-order valence-electron chi connectivity index (χ0n) is 27.2. The summed E-state index contributed by atoms with van der Waals surface area (Å²) in [6.07, 6.45) is 8.24. The Morgan fingerprint density at radius 3 is 1.67 bits per heavy atom. The number of hydrogen-bond donors (Lipinski definition) is 0. The minimum atomic E-state index is -2.30. The highest BCUT2D eigenvalue weighted by molar-refractivity contribution is 6.74. The van der Waals surface area contributed by atoms with E-state index in [4.69, 9.17) is 18.6 Å². The number of esters is 5. The molecule has 43 heavy (non-hydrogen) atoms. The Hall–Kier alpha value is -3.25. The maximum absolute atomic E-state index is 13.1. The molecule has 0 heterocycles. The minimum absolute atomic E-state index is 0.0763. The fourth-order valence-corrected chi connectivity index (χ4v) is 6.34. The number of allylic oxidation sites excluding steroid dienone is 4. The van der Waals surface area contributed by atoms with Crippen molar-refractivity contribution in [1.82, 2.24) is 0 Å². The van der Waals surface area contributed by atoms with Crippen LogP contribution in [-0.2, 0) is 52.1 Å². The van der Waals surface area contributed by atoms with Crippen LogP contribution in [0.2, 0.25) is 18.1 Å². The molecule has 11 nitrogen and oxygen atoms in total. The summed E-state index contributed by atoms with van der Waals surface area (Å²) in [7, 11) is 3.64. The van der Waals surface area contributed by atoms with Crippen molar-refractivity contribution in [1.29, 1.82) is 0 Å². The van der Waals surface area contributed by atoms with E-state index in [2.05, 4.69) is 49.9 Å². The molecule has 0 N–H and O–H groups in total. The molecule has 1 aliphatic rings. The van der Waals surface area contributed by atoms with Crippen LogP contribution in [0.3, 0.4) is 0 Å². The third-order valence-corrected chi connectivity index (χ3v) is 13.1. The molecule has 0 aromatic rings. The lowest BCUT2D eigenvalue weighted by molar-refractivity contribution is -0.169. The maximum atomic E-state index is 13.1. The number of rotatable bonds is 16. The van der Waals surface area contributed by atoms with Crippen LogP contribution in [0.15, 0.2) is 37.0 Å². The lowest BCUT2D eigenvalue weighted by atomic mass is 9.80. The zero-order chi connectivity index (χ0) is 33.3. The van der Waals surface area contributed by atoms with Gasteiger partial charge in [0.05, 0.1) is 41.2 Å². The standard InChI is InChI=1S/C31H48O11Si/c1-12-31(42-43(10,11)28(2,3)4)21-30(31,27(36)41-9)20-16-15-19-29(25(34)39-7,26(35)40-8)18-14-13-17-22(23(32)37-5)24(33)38-6/h12-16,22H,1,17-21H2,2-11H3/b14-13+,16-15+. The second-order valence-electron chi connectivity index (χ2n) is 12.2. The van der Waals surface area contributed by atoms with Crippen LogP contribution in [0, 0.1) is 16.7 Å². The molecular formula is C31H48O11Si. The molecule has 0 bridgehead atoms. The summed E-state index contributed by atoms with van der Waals surface area (Å²) in [5.41, 5.74) is -3.68. The second kappa shape index (κ2) is 15.0. The molecule has 1 rings (SSSR count). The quantitative estimate of drug-likeness (QED) is 0.0790. The molecule has 242 valence electrons. The van der Waals surface area contributed by atoms with Crippen LogP contribution in [0.4, 0.5) is 0 Å². The highest BCUT2D eigenvalue weighted by Crippen LogP contribution is 2.65. The molecule has 2 atom stereocenters. The van der Waals surface area contributed by atoms with E-state index in [0.29, 0.717) is 6.42 Å². The molecular weight excluding hydrogens is 576 g/mol. The van der Waals surface area contributed by atoms with E-state index in [9.17, 15) is 24.0 Å². The van der Waals surface area contributed by atoms with Crippen LogP contribution in [0.25, 0.3) is 0 Å². The first-order valence-corrected chi connectivity index (χ1v) is 16.9. The van der Waals surface area contributed by atoms with Gasteiger partial charge in [-0.05, 0) is 50.2 Å². The first kappa shape index (κ1) is 37.8. The lowest BCUT2D eigenvalue weighted by Gasteiger charge is -2.40. The van der Waals surface area contributed by atoms with Gasteiger partial charge >= 0.3 is 29.8 Å². The normalized spacial score (nSPS) is 20.5. The highest BCUT2D eigenvalue weighted by Gasteiger charge is 2.73.